The number of aliphatic hydroxyl groups is 2. The summed E-state index contributed by atoms with van der Waals surface area (Å²) in [6, 6.07) is 0. The van der Waals surface area contributed by atoms with Crippen molar-refractivity contribution >= 4 is 5.91 Å². The Morgan fingerprint density at radius 1 is 1.70 bits per heavy atom. The number of carbonyl (C=O) groups is 1. The first-order valence-corrected chi connectivity index (χ1v) is 3.26. The van der Waals surface area contributed by atoms with Crippen molar-refractivity contribution in [3.63, 3.8) is 0 Å². The van der Waals surface area contributed by atoms with Gasteiger partial charge in [0.15, 0.2) is 0 Å². The van der Waals surface area contributed by atoms with Crippen LogP contribution in [0.25, 0.3) is 0 Å². The molecule has 0 aliphatic carbocycles. The second-order valence-electron chi connectivity index (χ2n) is 2.57. The van der Waals surface area contributed by atoms with E-state index in [4.69, 9.17) is 10.2 Å². The predicted molar refractivity (Wildman–Crippen MR) is 34.3 cm³/mol. The highest BCUT2D eigenvalue weighted by Gasteiger charge is 2.30. The van der Waals surface area contributed by atoms with Gasteiger partial charge in [-0.1, -0.05) is 0 Å². The van der Waals surface area contributed by atoms with E-state index in [9.17, 15) is 4.79 Å². The highest BCUT2D eigenvalue weighted by atomic mass is 16.3. The predicted octanol–water partition coefficient (Wildman–Crippen LogP) is -1.43. The average molecular weight is 145 g/mol. The lowest BCUT2D eigenvalue weighted by molar-refractivity contribution is -0.149. The molecule has 1 saturated heterocycles. The van der Waals surface area contributed by atoms with Gasteiger partial charge >= 0.3 is 0 Å². The van der Waals surface area contributed by atoms with E-state index in [0.717, 1.165) is 0 Å². The van der Waals surface area contributed by atoms with Crippen molar-refractivity contribution in [2.45, 2.75) is 19.1 Å². The SMILES string of the molecule is C[C@H](O)C(=O)N1CC(O)C1. The highest BCUT2D eigenvalue weighted by molar-refractivity contribution is 5.81. The molecule has 0 saturated carbocycles. The van der Waals surface area contributed by atoms with Gasteiger partial charge in [-0.3, -0.25) is 4.79 Å². The van der Waals surface area contributed by atoms with Crippen molar-refractivity contribution in [1.29, 1.82) is 0 Å². The second-order valence-corrected chi connectivity index (χ2v) is 2.57. The van der Waals surface area contributed by atoms with Crippen LogP contribution in [0.15, 0.2) is 0 Å². The van der Waals surface area contributed by atoms with E-state index in [1.54, 1.807) is 0 Å². The first kappa shape index (κ1) is 7.50. The Kier molecular flexibility index (Phi) is 1.92. The fourth-order valence-electron chi connectivity index (χ4n) is 0.899. The number of β-amino-alcohol motifs (C(OH)–C–C–N with tert-alkyl or cyclic N) is 1. The van der Waals surface area contributed by atoms with Gasteiger partial charge in [-0.25, -0.2) is 0 Å². The van der Waals surface area contributed by atoms with Crippen LogP contribution in [0.4, 0.5) is 0 Å². The van der Waals surface area contributed by atoms with Gasteiger partial charge in [0.2, 0.25) is 0 Å². The summed E-state index contributed by atoms with van der Waals surface area (Å²) in [7, 11) is 0. The van der Waals surface area contributed by atoms with Crippen molar-refractivity contribution in [2.75, 3.05) is 13.1 Å². The minimum absolute atomic E-state index is 0.301. The molecule has 10 heavy (non-hydrogen) atoms. The second kappa shape index (κ2) is 2.56. The van der Waals surface area contributed by atoms with Crippen LogP contribution in [0.2, 0.25) is 0 Å². The van der Waals surface area contributed by atoms with Gasteiger partial charge in [-0.15, -0.1) is 0 Å². The van der Waals surface area contributed by atoms with E-state index in [1.165, 1.54) is 11.8 Å². The van der Waals surface area contributed by atoms with Crippen LogP contribution >= 0.6 is 0 Å². The van der Waals surface area contributed by atoms with Crippen LogP contribution in [0.3, 0.4) is 0 Å². The molecule has 1 aliphatic heterocycles. The number of hydrogen-bond donors (Lipinski definition) is 2. The number of amides is 1. The molecule has 4 nitrogen and oxygen atoms in total. The number of nitrogens with zero attached hydrogens (tertiary/aromatic N) is 1. The minimum Gasteiger partial charge on any atom is -0.389 e. The van der Waals surface area contributed by atoms with E-state index >= 15 is 0 Å². The molecule has 1 fully saturated rings. The van der Waals surface area contributed by atoms with Gasteiger partial charge in [0.05, 0.1) is 6.10 Å². The molecule has 0 aromatic heterocycles. The van der Waals surface area contributed by atoms with Crippen LogP contribution in [0.5, 0.6) is 0 Å². The van der Waals surface area contributed by atoms with Crippen molar-refractivity contribution in [3.05, 3.63) is 0 Å². The third-order valence-corrected chi connectivity index (χ3v) is 1.53. The molecule has 2 N–H and O–H groups in total. The average Bonchev–Trinajstić information content (AvgIpc) is 1.79. The van der Waals surface area contributed by atoms with E-state index in [-0.39, 0.29) is 12.0 Å². The number of likely N-dealkylation sites (tertiary alicyclic amines) is 1. The third kappa shape index (κ3) is 1.27. The smallest absolute Gasteiger partial charge is 0.251 e. The fraction of sp³-hybridized carbons (Fsp3) is 0.833. The first-order valence-electron chi connectivity index (χ1n) is 3.26. The van der Waals surface area contributed by atoms with Gasteiger partial charge in [0, 0.05) is 13.1 Å². The molecule has 1 aliphatic rings. The maximum atomic E-state index is 10.8. The Bertz CT molecular complexity index is 140. The maximum absolute atomic E-state index is 10.8. The summed E-state index contributed by atoms with van der Waals surface area (Å²) in [5, 5.41) is 17.5. The number of rotatable bonds is 1. The zero-order valence-corrected chi connectivity index (χ0v) is 5.82. The van der Waals surface area contributed by atoms with E-state index in [1.807, 2.05) is 0 Å². The van der Waals surface area contributed by atoms with E-state index < -0.39 is 6.10 Å². The summed E-state index contributed by atoms with van der Waals surface area (Å²) in [5.74, 6) is -0.301. The largest absolute Gasteiger partial charge is 0.389 e. The molecule has 1 rings (SSSR count). The molecule has 1 heterocycles. The molecule has 0 radical (unpaired) electrons. The molecule has 58 valence electrons. The van der Waals surface area contributed by atoms with Gasteiger partial charge in [0.1, 0.15) is 6.10 Å². The lowest BCUT2D eigenvalue weighted by Crippen LogP contribution is -2.55. The molecular formula is C6H11NO3. The summed E-state index contributed by atoms with van der Waals surface area (Å²) in [5.41, 5.74) is 0. The Morgan fingerprint density at radius 3 is 2.50 bits per heavy atom. The topological polar surface area (TPSA) is 60.8 Å². The minimum atomic E-state index is -0.938. The van der Waals surface area contributed by atoms with Crippen molar-refractivity contribution in [1.82, 2.24) is 4.90 Å². The van der Waals surface area contributed by atoms with Gasteiger partial charge in [-0.2, -0.15) is 0 Å². The Hall–Kier alpha value is -0.610. The van der Waals surface area contributed by atoms with Crippen molar-refractivity contribution in [3.8, 4) is 0 Å². The van der Waals surface area contributed by atoms with Crippen LogP contribution in [-0.4, -0.2) is 46.3 Å². The third-order valence-electron chi connectivity index (χ3n) is 1.53. The normalized spacial score (nSPS) is 22.1. The van der Waals surface area contributed by atoms with Gasteiger partial charge in [0.25, 0.3) is 5.91 Å². The van der Waals surface area contributed by atoms with Crippen LogP contribution in [0.1, 0.15) is 6.92 Å². The van der Waals surface area contributed by atoms with Crippen LogP contribution in [0, 0.1) is 0 Å². The molecule has 1 atom stereocenters. The summed E-state index contributed by atoms with van der Waals surface area (Å²) in [6.07, 6.45) is -1.32. The highest BCUT2D eigenvalue weighted by Crippen LogP contribution is 2.08. The molecule has 0 bridgehead atoms. The number of aliphatic hydroxyl groups excluding tert-OH is 2. The van der Waals surface area contributed by atoms with E-state index in [2.05, 4.69) is 0 Å². The Balaban J connectivity index is 2.31. The van der Waals surface area contributed by atoms with Crippen molar-refractivity contribution in [2.24, 2.45) is 0 Å². The van der Waals surface area contributed by atoms with Crippen LogP contribution < -0.4 is 0 Å². The summed E-state index contributed by atoms with van der Waals surface area (Å²) < 4.78 is 0. The monoisotopic (exact) mass is 145 g/mol. The summed E-state index contributed by atoms with van der Waals surface area (Å²) in [4.78, 5) is 12.3. The standard InChI is InChI=1S/C6H11NO3/c1-4(8)6(10)7-2-5(9)3-7/h4-5,8-9H,2-3H2,1H3/t4-/m0/s1. The molecule has 0 spiro atoms. The zero-order chi connectivity index (χ0) is 7.72. The summed E-state index contributed by atoms with van der Waals surface area (Å²) >= 11 is 0. The van der Waals surface area contributed by atoms with Gasteiger partial charge < -0.3 is 15.1 Å². The zero-order valence-electron chi connectivity index (χ0n) is 5.82. The Labute approximate surface area is 59.1 Å². The lowest BCUT2D eigenvalue weighted by Gasteiger charge is -2.36. The Morgan fingerprint density at radius 2 is 2.20 bits per heavy atom. The fourth-order valence-corrected chi connectivity index (χ4v) is 0.899. The molecule has 0 unspecified atom stereocenters. The molecule has 4 heteroatoms. The first-order chi connectivity index (χ1) is 4.61. The molecule has 1 amide bonds. The maximum Gasteiger partial charge on any atom is 0.251 e. The summed E-state index contributed by atoms with van der Waals surface area (Å²) in [6.45, 7) is 2.15. The molecular weight excluding hydrogens is 134 g/mol. The quantitative estimate of drug-likeness (QED) is 0.475. The number of hydrogen-bond acceptors (Lipinski definition) is 3. The molecule has 0 aromatic rings. The van der Waals surface area contributed by atoms with Crippen LogP contribution in [-0.2, 0) is 4.79 Å². The molecule has 0 aromatic carbocycles. The lowest BCUT2D eigenvalue weighted by atomic mass is 10.1. The van der Waals surface area contributed by atoms with Crippen molar-refractivity contribution < 1.29 is 15.0 Å². The van der Waals surface area contributed by atoms with E-state index in [0.29, 0.717) is 13.1 Å². The number of carbonyl (C=O) groups excluding carboxylic acids is 1. The van der Waals surface area contributed by atoms with Gasteiger partial charge in [-0.05, 0) is 6.92 Å².